The van der Waals surface area contributed by atoms with Crippen molar-refractivity contribution in [2.24, 2.45) is 0 Å². The number of hydrogen-bond acceptors (Lipinski definition) is 2. The Morgan fingerprint density at radius 3 is 2.42 bits per heavy atom. The first-order chi connectivity index (χ1) is 9.42. The molecule has 1 heterocycles. The fourth-order valence-electron chi connectivity index (χ4n) is 3.22. The Kier molecular flexibility index (Phi) is 4.52. The second-order valence-electron chi connectivity index (χ2n) is 5.79. The summed E-state index contributed by atoms with van der Waals surface area (Å²) in [5.41, 5.74) is 1.29. The van der Waals surface area contributed by atoms with Gasteiger partial charge in [0.05, 0.1) is 12.2 Å². The summed E-state index contributed by atoms with van der Waals surface area (Å²) in [4.78, 5) is 0. The highest BCUT2D eigenvalue weighted by Crippen LogP contribution is 2.33. The molecule has 0 aromatic heterocycles. The van der Waals surface area contributed by atoms with Crippen molar-refractivity contribution in [3.63, 3.8) is 0 Å². The maximum atomic E-state index is 6.16. The highest BCUT2D eigenvalue weighted by atomic mass is 16.7. The van der Waals surface area contributed by atoms with Gasteiger partial charge >= 0.3 is 0 Å². The first-order valence-electron chi connectivity index (χ1n) is 7.78. The summed E-state index contributed by atoms with van der Waals surface area (Å²) in [5, 5.41) is 0. The average Bonchev–Trinajstić information content (AvgIpc) is 2.49. The van der Waals surface area contributed by atoms with Gasteiger partial charge in [0.25, 0.3) is 0 Å². The molecule has 1 aliphatic heterocycles. The van der Waals surface area contributed by atoms with Gasteiger partial charge in [-0.25, -0.2) is 0 Å². The van der Waals surface area contributed by atoms with Crippen LogP contribution in [0.2, 0.25) is 0 Å². The average molecular weight is 260 g/mol. The first kappa shape index (κ1) is 13.1. The number of benzene rings is 1. The van der Waals surface area contributed by atoms with Crippen molar-refractivity contribution in [2.45, 2.75) is 69.9 Å². The minimum atomic E-state index is 0.0158. The molecule has 19 heavy (non-hydrogen) atoms. The van der Waals surface area contributed by atoms with Gasteiger partial charge in [-0.15, -0.1) is 0 Å². The van der Waals surface area contributed by atoms with Gasteiger partial charge in [-0.2, -0.15) is 0 Å². The third kappa shape index (κ3) is 3.58. The van der Waals surface area contributed by atoms with E-state index < -0.39 is 0 Å². The molecule has 2 nitrogen and oxygen atoms in total. The zero-order valence-electron chi connectivity index (χ0n) is 11.6. The van der Waals surface area contributed by atoms with Crippen molar-refractivity contribution in [3.05, 3.63) is 35.9 Å². The molecule has 0 unspecified atom stereocenters. The lowest BCUT2D eigenvalue weighted by molar-refractivity contribution is -0.220. The van der Waals surface area contributed by atoms with Crippen molar-refractivity contribution >= 4 is 0 Å². The molecule has 0 radical (unpaired) electrons. The molecular formula is C17H24O2. The summed E-state index contributed by atoms with van der Waals surface area (Å²) in [6, 6.07) is 10.6. The van der Waals surface area contributed by atoms with Crippen LogP contribution in [0, 0.1) is 0 Å². The minimum Gasteiger partial charge on any atom is -0.349 e. The molecule has 104 valence electrons. The van der Waals surface area contributed by atoms with Crippen molar-refractivity contribution in [1.82, 2.24) is 0 Å². The lowest BCUT2D eigenvalue weighted by Gasteiger charge is -2.34. The van der Waals surface area contributed by atoms with Gasteiger partial charge < -0.3 is 9.47 Å². The standard InChI is InChI=1S/C17H24O2/c1-3-8-14(9-4-1)16-12-7-13-17(19-16)18-15-10-5-2-6-11-15/h1,3-4,8-9,15-17H,2,5-7,10-13H2/t16-,17-/m1/s1. The summed E-state index contributed by atoms with van der Waals surface area (Å²) in [7, 11) is 0. The lowest BCUT2D eigenvalue weighted by atomic mass is 9.97. The van der Waals surface area contributed by atoms with E-state index in [1.165, 1.54) is 44.1 Å². The molecule has 0 spiro atoms. The molecule has 1 aliphatic carbocycles. The van der Waals surface area contributed by atoms with Crippen LogP contribution in [0.25, 0.3) is 0 Å². The molecule has 1 saturated heterocycles. The SMILES string of the molecule is c1ccc([C@H]2CCC[C@H](OC3CCCCC3)O2)cc1. The fraction of sp³-hybridized carbons (Fsp3) is 0.647. The quantitative estimate of drug-likeness (QED) is 0.790. The van der Waals surface area contributed by atoms with E-state index in [9.17, 15) is 0 Å². The molecule has 0 bridgehead atoms. The second kappa shape index (κ2) is 6.53. The van der Waals surface area contributed by atoms with Crippen molar-refractivity contribution in [2.75, 3.05) is 0 Å². The second-order valence-corrected chi connectivity index (χ2v) is 5.79. The highest BCUT2D eigenvalue weighted by molar-refractivity contribution is 5.17. The molecule has 3 rings (SSSR count). The zero-order valence-corrected chi connectivity index (χ0v) is 11.6. The van der Waals surface area contributed by atoms with Crippen LogP contribution in [0.1, 0.15) is 63.0 Å². The van der Waals surface area contributed by atoms with Crippen molar-refractivity contribution < 1.29 is 9.47 Å². The van der Waals surface area contributed by atoms with Gasteiger partial charge in [0.15, 0.2) is 6.29 Å². The lowest BCUT2D eigenvalue weighted by Crippen LogP contribution is -2.30. The maximum absolute atomic E-state index is 6.16. The monoisotopic (exact) mass is 260 g/mol. The number of hydrogen-bond donors (Lipinski definition) is 0. The Balaban J connectivity index is 1.55. The Morgan fingerprint density at radius 1 is 0.842 bits per heavy atom. The van der Waals surface area contributed by atoms with E-state index in [1.807, 2.05) is 0 Å². The normalized spacial score (nSPS) is 29.3. The van der Waals surface area contributed by atoms with Crippen LogP contribution in [-0.2, 0) is 9.47 Å². The van der Waals surface area contributed by atoms with Crippen molar-refractivity contribution in [1.29, 1.82) is 0 Å². The third-order valence-electron chi connectivity index (χ3n) is 4.29. The molecular weight excluding hydrogens is 236 g/mol. The van der Waals surface area contributed by atoms with Gasteiger partial charge in [-0.1, -0.05) is 49.6 Å². The minimum absolute atomic E-state index is 0.0158. The molecule has 1 aromatic carbocycles. The van der Waals surface area contributed by atoms with E-state index in [1.54, 1.807) is 0 Å². The van der Waals surface area contributed by atoms with Crippen LogP contribution in [0.4, 0.5) is 0 Å². The smallest absolute Gasteiger partial charge is 0.158 e. The van der Waals surface area contributed by atoms with Crippen LogP contribution in [0.15, 0.2) is 30.3 Å². The maximum Gasteiger partial charge on any atom is 0.158 e. The molecule has 1 saturated carbocycles. The summed E-state index contributed by atoms with van der Waals surface area (Å²) < 4.78 is 12.3. The molecule has 0 N–H and O–H groups in total. The first-order valence-corrected chi connectivity index (χ1v) is 7.78. The molecule has 0 amide bonds. The Hall–Kier alpha value is -0.860. The summed E-state index contributed by atoms with van der Waals surface area (Å²) in [6.07, 6.45) is 10.5. The van der Waals surface area contributed by atoms with Crippen LogP contribution < -0.4 is 0 Å². The topological polar surface area (TPSA) is 18.5 Å². The highest BCUT2D eigenvalue weighted by Gasteiger charge is 2.27. The molecule has 2 fully saturated rings. The predicted octanol–water partition coefficient (Wildman–Crippen LogP) is 4.60. The molecule has 1 aromatic rings. The van der Waals surface area contributed by atoms with E-state index in [0.29, 0.717) is 6.10 Å². The van der Waals surface area contributed by atoms with Gasteiger partial charge in [0, 0.05) is 0 Å². The molecule has 2 atom stereocenters. The van der Waals surface area contributed by atoms with Crippen molar-refractivity contribution in [3.8, 4) is 0 Å². The van der Waals surface area contributed by atoms with Crippen LogP contribution in [-0.4, -0.2) is 12.4 Å². The zero-order chi connectivity index (χ0) is 12.9. The fourth-order valence-corrected chi connectivity index (χ4v) is 3.22. The van der Waals surface area contributed by atoms with Gasteiger partial charge in [0.2, 0.25) is 0 Å². The summed E-state index contributed by atoms with van der Waals surface area (Å²) >= 11 is 0. The van der Waals surface area contributed by atoms with Crippen LogP contribution in [0.3, 0.4) is 0 Å². The summed E-state index contributed by atoms with van der Waals surface area (Å²) in [6.45, 7) is 0. The Bertz CT molecular complexity index is 370. The molecule has 2 aliphatic rings. The third-order valence-corrected chi connectivity index (χ3v) is 4.29. The van der Waals surface area contributed by atoms with E-state index >= 15 is 0 Å². The van der Waals surface area contributed by atoms with Gasteiger partial charge in [0.1, 0.15) is 0 Å². The van der Waals surface area contributed by atoms with E-state index in [4.69, 9.17) is 9.47 Å². The largest absolute Gasteiger partial charge is 0.349 e. The molecule has 2 heteroatoms. The van der Waals surface area contributed by atoms with Crippen LogP contribution >= 0.6 is 0 Å². The Labute approximate surface area is 116 Å². The number of ether oxygens (including phenoxy) is 2. The van der Waals surface area contributed by atoms with Gasteiger partial charge in [-0.05, 0) is 37.7 Å². The Morgan fingerprint density at radius 2 is 1.63 bits per heavy atom. The van der Waals surface area contributed by atoms with Gasteiger partial charge in [-0.3, -0.25) is 0 Å². The number of rotatable bonds is 3. The van der Waals surface area contributed by atoms with E-state index in [2.05, 4.69) is 30.3 Å². The van der Waals surface area contributed by atoms with E-state index in [0.717, 1.165) is 12.8 Å². The summed E-state index contributed by atoms with van der Waals surface area (Å²) in [5.74, 6) is 0. The predicted molar refractivity (Wildman–Crippen MR) is 75.9 cm³/mol. The van der Waals surface area contributed by atoms with E-state index in [-0.39, 0.29) is 12.4 Å². The van der Waals surface area contributed by atoms with Crippen LogP contribution in [0.5, 0.6) is 0 Å².